The number of hydrogen-bond donors (Lipinski definition) is 0. The lowest BCUT2D eigenvalue weighted by atomic mass is 10.2. The molecular formula is C16H16Cl2N2O4S2. The molecule has 0 bridgehead atoms. The molecule has 2 heterocycles. The zero-order valence-corrected chi connectivity index (χ0v) is 17.0. The number of sulfonamides is 1. The molecule has 2 aromatic rings. The van der Waals surface area contributed by atoms with Crippen LogP contribution in [0.4, 0.5) is 5.69 Å². The fraction of sp³-hybridized carbons (Fsp3) is 0.312. The van der Waals surface area contributed by atoms with E-state index in [1.54, 1.807) is 12.1 Å². The van der Waals surface area contributed by atoms with Crippen LogP contribution in [0.3, 0.4) is 0 Å². The lowest BCUT2D eigenvalue weighted by Crippen LogP contribution is -2.48. The van der Waals surface area contributed by atoms with Gasteiger partial charge in [-0.3, -0.25) is 0 Å². The molecule has 0 amide bonds. The number of ether oxygens (including phenoxy) is 1. The summed E-state index contributed by atoms with van der Waals surface area (Å²) in [4.78, 5) is 13.9. The highest BCUT2D eigenvalue weighted by Gasteiger charge is 2.33. The number of piperazine rings is 1. The molecule has 1 saturated heterocycles. The Morgan fingerprint density at radius 3 is 2.31 bits per heavy atom. The molecule has 10 heteroatoms. The lowest BCUT2D eigenvalue weighted by molar-refractivity contribution is 0.0602. The smallest absolute Gasteiger partial charge is 0.349 e. The Morgan fingerprint density at radius 1 is 1.12 bits per heavy atom. The molecule has 1 aromatic heterocycles. The van der Waals surface area contributed by atoms with Crippen LogP contribution in [-0.2, 0) is 14.8 Å². The van der Waals surface area contributed by atoms with Crippen molar-refractivity contribution in [3.05, 3.63) is 44.6 Å². The summed E-state index contributed by atoms with van der Waals surface area (Å²) < 4.78 is 32.2. The van der Waals surface area contributed by atoms with Gasteiger partial charge in [0, 0.05) is 36.9 Å². The van der Waals surface area contributed by atoms with Gasteiger partial charge in [0.25, 0.3) is 0 Å². The summed E-state index contributed by atoms with van der Waals surface area (Å²) in [5, 5.41) is 0.652. The summed E-state index contributed by atoms with van der Waals surface area (Å²) in [5.74, 6) is -0.708. The fourth-order valence-corrected chi connectivity index (χ4v) is 6.00. The van der Waals surface area contributed by atoms with Crippen molar-refractivity contribution in [2.45, 2.75) is 4.90 Å². The number of nitrogens with zero attached hydrogens (tertiary/aromatic N) is 2. The van der Waals surface area contributed by atoms with E-state index < -0.39 is 16.0 Å². The Bertz CT molecular complexity index is 905. The predicted octanol–water partition coefficient (Wildman–Crippen LogP) is 3.35. The van der Waals surface area contributed by atoms with Gasteiger partial charge in [-0.15, -0.1) is 11.3 Å². The average Bonchev–Trinajstić information content (AvgIpc) is 3.04. The van der Waals surface area contributed by atoms with Crippen molar-refractivity contribution in [1.82, 2.24) is 4.31 Å². The maximum atomic E-state index is 13.0. The highest BCUT2D eigenvalue weighted by atomic mass is 35.5. The van der Waals surface area contributed by atoms with Gasteiger partial charge in [-0.2, -0.15) is 4.31 Å². The van der Waals surface area contributed by atoms with E-state index in [0.717, 1.165) is 17.0 Å². The van der Waals surface area contributed by atoms with Gasteiger partial charge in [-0.05, 0) is 30.3 Å². The van der Waals surface area contributed by atoms with E-state index >= 15 is 0 Å². The number of rotatable bonds is 4. The van der Waals surface area contributed by atoms with E-state index in [2.05, 4.69) is 9.64 Å². The number of carbonyl (C=O) groups is 1. The van der Waals surface area contributed by atoms with Gasteiger partial charge in [-0.25, -0.2) is 13.2 Å². The molecule has 0 spiro atoms. The maximum absolute atomic E-state index is 13.0. The van der Waals surface area contributed by atoms with E-state index in [4.69, 9.17) is 23.2 Å². The molecule has 3 rings (SSSR count). The number of thiophene rings is 1. The molecule has 6 nitrogen and oxygen atoms in total. The fourth-order valence-electron chi connectivity index (χ4n) is 2.75. The summed E-state index contributed by atoms with van der Waals surface area (Å²) in [6.45, 7) is 1.68. The Labute approximate surface area is 165 Å². The highest BCUT2D eigenvalue weighted by Crippen LogP contribution is 2.33. The van der Waals surface area contributed by atoms with Crippen LogP contribution in [0.5, 0.6) is 0 Å². The standard InChI is InChI=1S/C16H16Cl2N2O4S2/c1-24-16(21)15-13(10-14(18)25-15)26(22,23)20-8-6-19(7-9-20)12-4-2-11(17)3-5-12/h2-5,10H,6-9H2,1H3. The van der Waals surface area contributed by atoms with Crippen molar-refractivity contribution in [3.63, 3.8) is 0 Å². The predicted molar refractivity (Wildman–Crippen MR) is 103 cm³/mol. The van der Waals surface area contributed by atoms with Crippen LogP contribution in [-0.4, -0.2) is 52.0 Å². The number of hydrogen-bond acceptors (Lipinski definition) is 6. The lowest BCUT2D eigenvalue weighted by Gasteiger charge is -2.35. The largest absolute Gasteiger partial charge is 0.465 e. The summed E-state index contributed by atoms with van der Waals surface area (Å²) in [6, 6.07) is 8.71. The number of esters is 1. The molecule has 140 valence electrons. The number of carbonyl (C=O) groups excluding carboxylic acids is 1. The second kappa shape index (κ2) is 7.74. The molecule has 1 fully saturated rings. The third-order valence-electron chi connectivity index (χ3n) is 4.09. The molecule has 0 atom stereocenters. The second-order valence-electron chi connectivity index (χ2n) is 5.60. The quantitative estimate of drug-likeness (QED) is 0.690. The zero-order chi connectivity index (χ0) is 18.9. The van der Waals surface area contributed by atoms with Crippen LogP contribution in [0.15, 0.2) is 35.2 Å². The van der Waals surface area contributed by atoms with Crippen LogP contribution in [0.25, 0.3) is 0 Å². The van der Waals surface area contributed by atoms with Gasteiger partial charge in [0.1, 0.15) is 9.77 Å². The van der Waals surface area contributed by atoms with Gasteiger partial charge >= 0.3 is 5.97 Å². The summed E-state index contributed by atoms with van der Waals surface area (Å²) in [6.07, 6.45) is 0. The third-order valence-corrected chi connectivity index (χ3v) is 7.64. The second-order valence-corrected chi connectivity index (χ2v) is 9.63. The number of halogens is 2. The van der Waals surface area contributed by atoms with Crippen molar-refractivity contribution in [2.24, 2.45) is 0 Å². The van der Waals surface area contributed by atoms with Crippen molar-refractivity contribution < 1.29 is 17.9 Å². The highest BCUT2D eigenvalue weighted by molar-refractivity contribution is 7.89. The van der Waals surface area contributed by atoms with Crippen LogP contribution in [0.1, 0.15) is 9.67 Å². The molecular weight excluding hydrogens is 419 g/mol. The summed E-state index contributed by atoms with van der Waals surface area (Å²) in [5.41, 5.74) is 0.986. The zero-order valence-electron chi connectivity index (χ0n) is 13.8. The Morgan fingerprint density at radius 2 is 1.73 bits per heavy atom. The first-order chi connectivity index (χ1) is 12.3. The van der Waals surface area contributed by atoms with Crippen LogP contribution < -0.4 is 4.90 Å². The molecule has 26 heavy (non-hydrogen) atoms. The van der Waals surface area contributed by atoms with Gasteiger partial charge in [-0.1, -0.05) is 23.2 Å². The Hall–Kier alpha value is -1.32. The monoisotopic (exact) mass is 434 g/mol. The molecule has 1 aliphatic heterocycles. The van der Waals surface area contributed by atoms with E-state index in [-0.39, 0.29) is 14.1 Å². The average molecular weight is 435 g/mol. The molecule has 0 aliphatic carbocycles. The van der Waals surface area contributed by atoms with E-state index in [9.17, 15) is 13.2 Å². The van der Waals surface area contributed by atoms with Gasteiger partial charge in [0.05, 0.1) is 11.4 Å². The van der Waals surface area contributed by atoms with Gasteiger partial charge in [0.2, 0.25) is 10.0 Å². The number of benzene rings is 1. The molecule has 1 aliphatic rings. The normalized spacial score (nSPS) is 15.9. The van der Waals surface area contributed by atoms with Crippen molar-refractivity contribution in [2.75, 3.05) is 38.2 Å². The molecule has 1 aromatic carbocycles. The Balaban J connectivity index is 1.78. The maximum Gasteiger partial charge on any atom is 0.349 e. The van der Waals surface area contributed by atoms with E-state index in [1.165, 1.54) is 17.5 Å². The van der Waals surface area contributed by atoms with Crippen molar-refractivity contribution in [3.8, 4) is 0 Å². The van der Waals surface area contributed by atoms with Crippen molar-refractivity contribution in [1.29, 1.82) is 0 Å². The molecule has 0 N–H and O–H groups in total. The minimum Gasteiger partial charge on any atom is -0.465 e. The van der Waals surface area contributed by atoms with Crippen LogP contribution in [0.2, 0.25) is 9.36 Å². The van der Waals surface area contributed by atoms with E-state index in [0.29, 0.717) is 31.2 Å². The minimum absolute atomic E-state index is 0.00219. The number of anilines is 1. The molecule has 0 radical (unpaired) electrons. The summed E-state index contributed by atoms with van der Waals surface area (Å²) in [7, 11) is -2.62. The SMILES string of the molecule is COC(=O)c1sc(Cl)cc1S(=O)(=O)N1CCN(c2ccc(Cl)cc2)CC1. The van der Waals surface area contributed by atoms with Gasteiger partial charge in [0.15, 0.2) is 0 Å². The first-order valence-electron chi connectivity index (χ1n) is 7.71. The third kappa shape index (κ3) is 3.84. The Kier molecular flexibility index (Phi) is 5.78. The first kappa shape index (κ1) is 19.4. The number of methoxy groups -OCH3 is 1. The van der Waals surface area contributed by atoms with Crippen LogP contribution >= 0.6 is 34.5 Å². The molecule has 0 unspecified atom stereocenters. The van der Waals surface area contributed by atoms with Crippen molar-refractivity contribution >= 4 is 56.2 Å². The first-order valence-corrected chi connectivity index (χ1v) is 10.7. The van der Waals surface area contributed by atoms with Gasteiger partial charge < -0.3 is 9.64 Å². The summed E-state index contributed by atoms with van der Waals surface area (Å²) >= 11 is 12.7. The van der Waals surface area contributed by atoms with E-state index in [1.807, 2.05) is 12.1 Å². The topological polar surface area (TPSA) is 66.9 Å². The van der Waals surface area contributed by atoms with Crippen LogP contribution in [0, 0.1) is 0 Å². The minimum atomic E-state index is -3.83. The molecule has 0 saturated carbocycles.